The number of carbonyl (C=O) groups is 1. The molecule has 164 valence electrons. The smallest absolute Gasteiger partial charge is 0.270 e. The normalized spacial score (nSPS) is 11.2. The molecule has 0 saturated carbocycles. The molecule has 0 spiro atoms. The Balaban J connectivity index is 1.94. The SMILES string of the molecule is CCSc1ccc(C(=O)N(CCN(CC)CC)c2nc3ccc([N+](=O)[O-])cc3s2)cc1. The van der Waals surface area contributed by atoms with Crippen LogP contribution in [0.25, 0.3) is 10.2 Å². The zero-order valence-electron chi connectivity index (χ0n) is 17.9. The molecule has 0 aliphatic heterocycles. The number of fused-ring (bicyclic) bond motifs is 1. The van der Waals surface area contributed by atoms with Gasteiger partial charge in [-0.2, -0.15) is 0 Å². The second-order valence-corrected chi connectivity index (χ2v) is 9.19. The van der Waals surface area contributed by atoms with Crippen LogP contribution in [0.5, 0.6) is 0 Å². The lowest BCUT2D eigenvalue weighted by atomic mass is 10.2. The molecule has 9 heteroatoms. The Morgan fingerprint density at radius 2 is 1.81 bits per heavy atom. The first-order valence-corrected chi connectivity index (χ1v) is 12.1. The Bertz CT molecular complexity index is 1050. The van der Waals surface area contributed by atoms with Crippen molar-refractivity contribution in [2.45, 2.75) is 25.7 Å². The third-order valence-corrected chi connectivity index (χ3v) is 6.93. The van der Waals surface area contributed by atoms with E-state index in [4.69, 9.17) is 0 Å². The van der Waals surface area contributed by atoms with E-state index in [-0.39, 0.29) is 11.6 Å². The summed E-state index contributed by atoms with van der Waals surface area (Å²) in [6.07, 6.45) is 0. The number of nitrogens with zero attached hydrogens (tertiary/aromatic N) is 4. The standard InChI is InChI=1S/C22H26N4O3S2/c1-4-24(5-2)13-14-25(21(27)16-7-10-18(11-8-16)30-6-3)22-23-19-12-9-17(26(28)29)15-20(19)31-22/h7-12,15H,4-6,13-14H2,1-3H3. The molecule has 0 fully saturated rings. The third-order valence-electron chi connectivity index (χ3n) is 4.99. The van der Waals surface area contributed by atoms with E-state index in [0.717, 1.165) is 30.3 Å². The summed E-state index contributed by atoms with van der Waals surface area (Å²) in [5.74, 6) is 0.856. The number of likely N-dealkylation sites (N-methyl/N-ethyl adjacent to an activating group) is 1. The second kappa shape index (κ2) is 10.7. The number of nitro benzene ring substituents is 1. The van der Waals surface area contributed by atoms with Gasteiger partial charge in [-0.1, -0.05) is 32.1 Å². The predicted molar refractivity (Wildman–Crippen MR) is 129 cm³/mol. The molecule has 31 heavy (non-hydrogen) atoms. The maximum absolute atomic E-state index is 13.4. The van der Waals surface area contributed by atoms with E-state index in [1.54, 1.807) is 22.7 Å². The summed E-state index contributed by atoms with van der Waals surface area (Å²) in [6.45, 7) is 9.29. The number of anilines is 1. The summed E-state index contributed by atoms with van der Waals surface area (Å²) >= 11 is 3.04. The van der Waals surface area contributed by atoms with Crippen LogP contribution in [-0.2, 0) is 0 Å². The number of aromatic nitrogens is 1. The molecule has 0 radical (unpaired) electrons. The summed E-state index contributed by atoms with van der Waals surface area (Å²) < 4.78 is 0.694. The van der Waals surface area contributed by atoms with Gasteiger partial charge in [0, 0.05) is 35.7 Å². The van der Waals surface area contributed by atoms with Gasteiger partial charge in [0.25, 0.3) is 11.6 Å². The first-order valence-electron chi connectivity index (χ1n) is 10.3. The van der Waals surface area contributed by atoms with E-state index in [9.17, 15) is 14.9 Å². The maximum Gasteiger partial charge on any atom is 0.270 e. The lowest BCUT2D eigenvalue weighted by Crippen LogP contribution is -2.38. The highest BCUT2D eigenvalue weighted by atomic mass is 32.2. The van der Waals surface area contributed by atoms with Gasteiger partial charge in [-0.3, -0.25) is 19.8 Å². The van der Waals surface area contributed by atoms with Crippen molar-refractivity contribution >= 4 is 50.0 Å². The van der Waals surface area contributed by atoms with Crippen LogP contribution in [0.15, 0.2) is 47.4 Å². The van der Waals surface area contributed by atoms with Crippen molar-refractivity contribution in [1.29, 1.82) is 0 Å². The molecule has 0 atom stereocenters. The van der Waals surface area contributed by atoms with Gasteiger partial charge in [0.2, 0.25) is 0 Å². The number of non-ortho nitro benzene ring substituents is 1. The van der Waals surface area contributed by atoms with Crippen LogP contribution >= 0.6 is 23.1 Å². The van der Waals surface area contributed by atoms with Gasteiger partial charge in [-0.05, 0) is 49.2 Å². The highest BCUT2D eigenvalue weighted by Gasteiger charge is 2.22. The first-order chi connectivity index (χ1) is 15.0. The molecule has 0 bridgehead atoms. The Kier molecular flexibility index (Phi) is 8.00. The maximum atomic E-state index is 13.4. The number of hydrogen-bond acceptors (Lipinski definition) is 7. The quantitative estimate of drug-likeness (QED) is 0.233. The molecule has 0 N–H and O–H groups in total. The largest absolute Gasteiger partial charge is 0.302 e. The summed E-state index contributed by atoms with van der Waals surface area (Å²) in [4.78, 5) is 33.8. The average molecular weight is 459 g/mol. The van der Waals surface area contributed by atoms with E-state index >= 15 is 0 Å². The van der Waals surface area contributed by atoms with Gasteiger partial charge in [-0.15, -0.1) is 11.8 Å². The topological polar surface area (TPSA) is 79.6 Å². The van der Waals surface area contributed by atoms with Crippen molar-refractivity contribution in [3.63, 3.8) is 0 Å². The third kappa shape index (κ3) is 5.61. The van der Waals surface area contributed by atoms with Crippen molar-refractivity contribution in [2.24, 2.45) is 0 Å². The molecule has 0 unspecified atom stereocenters. The monoisotopic (exact) mass is 458 g/mol. The molecule has 7 nitrogen and oxygen atoms in total. The van der Waals surface area contributed by atoms with Crippen molar-refractivity contribution in [3.8, 4) is 0 Å². The molecule has 1 heterocycles. The van der Waals surface area contributed by atoms with E-state index < -0.39 is 4.92 Å². The molecule has 0 aliphatic rings. The predicted octanol–water partition coefficient (Wildman–Crippen LogP) is 5.31. The Labute approximate surface area is 190 Å². The molecule has 0 aliphatic carbocycles. The van der Waals surface area contributed by atoms with Crippen molar-refractivity contribution < 1.29 is 9.72 Å². The van der Waals surface area contributed by atoms with Crippen LogP contribution in [0, 0.1) is 10.1 Å². The number of carbonyl (C=O) groups excluding carboxylic acids is 1. The van der Waals surface area contributed by atoms with Crippen LogP contribution in [0.4, 0.5) is 10.8 Å². The highest BCUT2D eigenvalue weighted by Crippen LogP contribution is 2.32. The molecule has 2 aromatic carbocycles. The van der Waals surface area contributed by atoms with E-state index in [2.05, 4.69) is 30.7 Å². The Morgan fingerprint density at radius 1 is 1.10 bits per heavy atom. The highest BCUT2D eigenvalue weighted by molar-refractivity contribution is 7.99. The number of nitro groups is 1. The van der Waals surface area contributed by atoms with Crippen molar-refractivity contribution in [1.82, 2.24) is 9.88 Å². The number of thiazole rings is 1. The molecule has 3 rings (SSSR count). The number of thioether (sulfide) groups is 1. The lowest BCUT2D eigenvalue weighted by molar-refractivity contribution is -0.384. The molecule has 0 saturated heterocycles. The van der Waals surface area contributed by atoms with Gasteiger partial charge in [0.05, 0.1) is 15.1 Å². The van der Waals surface area contributed by atoms with Crippen LogP contribution < -0.4 is 4.90 Å². The van der Waals surface area contributed by atoms with E-state index in [1.165, 1.54) is 23.5 Å². The minimum Gasteiger partial charge on any atom is -0.302 e. The number of amides is 1. The van der Waals surface area contributed by atoms with Gasteiger partial charge in [0.15, 0.2) is 5.13 Å². The number of benzene rings is 2. The summed E-state index contributed by atoms with van der Waals surface area (Å²) in [5, 5.41) is 11.7. The second-order valence-electron chi connectivity index (χ2n) is 6.85. The van der Waals surface area contributed by atoms with Crippen molar-refractivity contribution in [3.05, 3.63) is 58.1 Å². The average Bonchev–Trinajstić information content (AvgIpc) is 3.20. The van der Waals surface area contributed by atoms with Gasteiger partial charge in [-0.25, -0.2) is 4.98 Å². The van der Waals surface area contributed by atoms with E-state index in [1.807, 2.05) is 24.3 Å². The fourth-order valence-electron chi connectivity index (χ4n) is 3.21. The van der Waals surface area contributed by atoms with Crippen LogP contribution in [0.1, 0.15) is 31.1 Å². The molecular weight excluding hydrogens is 432 g/mol. The Morgan fingerprint density at radius 3 is 2.42 bits per heavy atom. The summed E-state index contributed by atoms with van der Waals surface area (Å²) in [6, 6.07) is 12.2. The van der Waals surface area contributed by atoms with E-state index in [0.29, 0.717) is 27.5 Å². The number of hydrogen-bond donors (Lipinski definition) is 0. The zero-order chi connectivity index (χ0) is 22.4. The molecular formula is C22H26N4O3S2. The molecule has 1 aromatic heterocycles. The van der Waals surface area contributed by atoms with Crippen molar-refractivity contribution in [2.75, 3.05) is 36.8 Å². The minimum atomic E-state index is -0.419. The summed E-state index contributed by atoms with van der Waals surface area (Å²) in [7, 11) is 0. The molecule has 3 aromatic rings. The number of rotatable bonds is 10. The van der Waals surface area contributed by atoms with Crippen LogP contribution in [0.3, 0.4) is 0 Å². The first kappa shape index (κ1) is 23.2. The van der Waals surface area contributed by atoms with Crippen LogP contribution in [-0.4, -0.2) is 52.6 Å². The fourth-order valence-corrected chi connectivity index (χ4v) is 4.90. The summed E-state index contributed by atoms with van der Waals surface area (Å²) in [5.41, 5.74) is 1.28. The Hall–Kier alpha value is -2.49. The van der Waals surface area contributed by atoms with Gasteiger partial charge < -0.3 is 4.90 Å². The van der Waals surface area contributed by atoms with Gasteiger partial charge >= 0.3 is 0 Å². The lowest BCUT2D eigenvalue weighted by Gasteiger charge is -2.24. The zero-order valence-corrected chi connectivity index (χ0v) is 19.5. The van der Waals surface area contributed by atoms with Crippen LogP contribution in [0.2, 0.25) is 0 Å². The van der Waals surface area contributed by atoms with Gasteiger partial charge in [0.1, 0.15) is 0 Å². The minimum absolute atomic E-state index is 0.0210. The molecule has 1 amide bonds. The fraction of sp³-hybridized carbons (Fsp3) is 0.364.